The molecule has 0 amide bonds. The predicted octanol–water partition coefficient (Wildman–Crippen LogP) is 4.41. The van der Waals surface area contributed by atoms with E-state index in [1.54, 1.807) is 18.2 Å². The monoisotopic (exact) mass is 332 g/mol. The van der Waals surface area contributed by atoms with Crippen molar-refractivity contribution in [3.05, 3.63) is 40.8 Å². The summed E-state index contributed by atoms with van der Waals surface area (Å²) in [5.74, 6) is 0.0187. The van der Waals surface area contributed by atoms with Gasteiger partial charge in [0.1, 0.15) is 5.60 Å². The first-order chi connectivity index (χ1) is 11.3. The summed E-state index contributed by atoms with van der Waals surface area (Å²) in [6.45, 7) is 8.01. The molecule has 0 unspecified atom stereocenters. The van der Waals surface area contributed by atoms with E-state index in [0.29, 0.717) is 24.2 Å². The highest BCUT2D eigenvalue weighted by Gasteiger charge is 2.20. The second-order valence-corrected chi connectivity index (χ2v) is 6.43. The van der Waals surface area contributed by atoms with Crippen LogP contribution in [-0.4, -0.2) is 17.3 Å². The van der Waals surface area contributed by atoms with E-state index in [0.717, 1.165) is 6.42 Å². The molecule has 1 aromatic carbocycles. The average Bonchev–Trinajstić information content (AvgIpc) is 2.49. The van der Waals surface area contributed by atoms with Gasteiger partial charge in [0.15, 0.2) is 17.1 Å². The normalized spacial score (nSPS) is 12.0. The zero-order chi connectivity index (χ0) is 17.7. The molecule has 0 aliphatic rings. The van der Waals surface area contributed by atoms with E-state index >= 15 is 0 Å². The molecule has 0 fully saturated rings. The maximum absolute atomic E-state index is 12.2. The highest BCUT2D eigenvalue weighted by molar-refractivity contribution is 5.89. The Morgan fingerprint density at radius 1 is 1.25 bits per heavy atom. The Hall–Kier alpha value is -2.43. The minimum atomic E-state index is -0.718. The molecule has 1 N–H and O–H groups in total. The van der Waals surface area contributed by atoms with Gasteiger partial charge in [-0.2, -0.15) is 0 Å². The fourth-order valence-corrected chi connectivity index (χ4v) is 2.22. The maximum Gasteiger partial charge on any atom is 0.383 e. The van der Waals surface area contributed by atoms with E-state index in [9.17, 15) is 9.90 Å². The van der Waals surface area contributed by atoms with Crippen LogP contribution in [0.3, 0.4) is 0 Å². The van der Waals surface area contributed by atoms with E-state index in [1.807, 2.05) is 39.8 Å². The SMILES string of the molecule is CC/C=C/CCOc1c(O)c2cccc(OC(C)(C)C)c2oc1=O. The Kier molecular flexibility index (Phi) is 5.54. The fraction of sp³-hybridized carbons (Fsp3) is 0.421. The Morgan fingerprint density at radius 3 is 2.67 bits per heavy atom. The highest BCUT2D eigenvalue weighted by Crippen LogP contribution is 2.36. The van der Waals surface area contributed by atoms with Crippen LogP contribution in [0.25, 0.3) is 11.0 Å². The van der Waals surface area contributed by atoms with E-state index < -0.39 is 11.2 Å². The van der Waals surface area contributed by atoms with Crippen molar-refractivity contribution < 1.29 is 19.0 Å². The summed E-state index contributed by atoms with van der Waals surface area (Å²) in [5, 5.41) is 10.8. The van der Waals surface area contributed by atoms with Crippen LogP contribution in [-0.2, 0) is 0 Å². The maximum atomic E-state index is 12.2. The number of benzene rings is 1. The minimum absolute atomic E-state index is 0.166. The van der Waals surface area contributed by atoms with Gasteiger partial charge in [0.25, 0.3) is 0 Å². The van der Waals surface area contributed by atoms with Crippen LogP contribution in [0.5, 0.6) is 17.2 Å². The van der Waals surface area contributed by atoms with E-state index in [1.165, 1.54) is 0 Å². The number of hydrogen-bond donors (Lipinski definition) is 1. The third kappa shape index (κ3) is 4.31. The molecule has 5 heteroatoms. The molecule has 0 atom stereocenters. The molecular weight excluding hydrogens is 308 g/mol. The number of rotatable bonds is 6. The first-order valence-corrected chi connectivity index (χ1v) is 8.09. The van der Waals surface area contributed by atoms with Crippen molar-refractivity contribution in [3.8, 4) is 17.2 Å². The largest absolute Gasteiger partial charge is 0.504 e. The van der Waals surface area contributed by atoms with Crippen LogP contribution in [0.15, 0.2) is 39.6 Å². The van der Waals surface area contributed by atoms with Crippen molar-refractivity contribution in [2.45, 2.75) is 46.1 Å². The van der Waals surface area contributed by atoms with Gasteiger partial charge in [-0.1, -0.05) is 25.1 Å². The van der Waals surface area contributed by atoms with E-state index in [-0.39, 0.29) is 17.1 Å². The van der Waals surface area contributed by atoms with Gasteiger partial charge in [0.2, 0.25) is 5.75 Å². The highest BCUT2D eigenvalue weighted by atomic mass is 16.5. The molecule has 5 nitrogen and oxygen atoms in total. The van der Waals surface area contributed by atoms with Crippen molar-refractivity contribution in [1.29, 1.82) is 0 Å². The molecule has 0 aliphatic carbocycles. The molecule has 1 heterocycles. The van der Waals surface area contributed by atoms with E-state index in [4.69, 9.17) is 13.9 Å². The lowest BCUT2D eigenvalue weighted by molar-refractivity contribution is 0.131. The van der Waals surface area contributed by atoms with Gasteiger partial charge < -0.3 is 19.0 Å². The van der Waals surface area contributed by atoms with Crippen LogP contribution < -0.4 is 15.1 Å². The molecule has 1 aromatic heterocycles. The molecular formula is C19H24O5. The molecule has 2 rings (SSSR count). The summed E-state index contributed by atoms with van der Waals surface area (Å²) in [4.78, 5) is 12.2. The number of para-hydroxylation sites is 1. The summed E-state index contributed by atoms with van der Waals surface area (Å²) >= 11 is 0. The topological polar surface area (TPSA) is 68.9 Å². The first kappa shape index (κ1) is 17.9. The fourth-order valence-electron chi connectivity index (χ4n) is 2.22. The number of allylic oxidation sites excluding steroid dienone is 1. The van der Waals surface area contributed by atoms with Crippen LogP contribution in [0.4, 0.5) is 0 Å². The molecule has 130 valence electrons. The van der Waals surface area contributed by atoms with Gasteiger partial charge in [0.05, 0.1) is 12.0 Å². The smallest absolute Gasteiger partial charge is 0.383 e. The zero-order valence-corrected chi connectivity index (χ0v) is 14.6. The van der Waals surface area contributed by atoms with Crippen LogP contribution >= 0.6 is 0 Å². The van der Waals surface area contributed by atoms with Crippen molar-refractivity contribution in [2.24, 2.45) is 0 Å². The molecule has 0 aliphatic heterocycles. The molecule has 0 radical (unpaired) electrons. The lowest BCUT2D eigenvalue weighted by Crippen LogP contribution is -2.23. The lowest BCUT2D eigenvalue weighted by Gasteiger charge is -2.21. The molecule has 24 heavy (non-hydrogen) atoms. The second-order valence-electron chi connectivity index (χ2n) is 6.43. The van der Waals surface area contributed by atoms with Gasteiger partial charge in [0, 0.05) is 0 Å². The lowest BCUT2D eigenvalue weighted by atomic mass is 10.1. The minimum Gasteiger partial charge on any atom is -0.504 e. The standard InChI is InChI=1S/C19H24O5/c1-5-6-7-8-12-22-17-15(20)13-10-9-11-14(24-19(2,3)4)16(13)23-18(17)21/h6-7,9-11,20H,5,8,12H2,1-4H3/b7-6+. The molecule has 0 bridgehead atoms. The number of aromatic hydroxyl groups is 1. The van der Waals surface area contributed by atoms with Crippen molar-refractivity contribution in [3.63, 3.8) is 0 Å². The Bertz CT molecular complexity index is 781. The van der Waals surface area contributed by atoms with Gasteiger partial charge in [-0.25, -0.2) is 4.79 Å². The summed E-state index contributed by atoms with van der Waals surface area (Å²) in [7, 11) is 0. The number of ether oxygens (including phenoxy) is 2. The van der Waals surface area contributed by atoms with Crippen molar-refractivity contribution >= 4 is 11.0 Å². The van der Waals surface area contributed by atoms with E-state index in [2.05, 4.69) is 0 Å². The van der Waals surface area contributed by atoms with Crippen molar-refractivity contribution in [1.82, 2.24) is 0 Å². The Labute approximate surface area is 141 Å². The van der Waals surface area contributed by atoms with Gasteiger partial charge in [-0.3, -0.25) is 0 Å². The van der Waals surface area contributed by atoms with Crippen LogP contribution in [0, 0.1) is 0 Å². The zero-order valence-electron chi connectivity index (χ0n) is 14.6. The number of fused-ring (bicyclic) bond motifs is 1. The molecule has 2 aromatic rings. The molecule has 0 saturated heterocycles. The van der Waals surface area contributed by atoms with Gasteiger partial charge in [-0.15, -0.1) is 0 Å². The molecule has 0 saturated carbocycles. The quantitative estimate of drug-likeness (QED) is 0.482. The third-order valence-corrected chi connectivity index (χ3v) is 3.18. The van der Waals surface area contributed by atoms with Crippen LogP contribution in [0.1, 0.15) is 40.5 Å². The van der Waals surface area contributed by atoms with Gasteiger partial charge >= 0.3 is 5.63 Å². The Balaban J connectivity index is 2.36. The second kappa shape index (κ2) is 7.43. The summed E-state index contributed by atoms with van der Waals surface area (Å²) < 4.78 is 16.6. The third-order valence-electron chi connectivity index (χ3n) is 3.18. The summed E-state index contributed by atoms with van der Waals surface area (Å²) in [6, 6.07) is 5.09. The number of hydrogen-bond acceptors (Lipinski definition) is 5. The Morgan fingerprint density at radius 2 is 2.00 bits per heavy atom. The van der Waals surface area contributed by atoms with Crippen molar-refractivity contribution in [2.75, 3.05) is 6.61 Å². The predicted molar refractivity (Wildman–Crippen MR) is 94.1 cm³/mol. The van der Waals surface area contributed by atoms with Gasteiger partial charge in [-0.05, 0) is 45.7 Å². The first-order valence-electron chi connectivity index (χ1n) is 8.09. The average molecular weight is 332 g/mol. The van der Waals surface area contributed by atoms with Crippen LogP contribution in [0.2, 0.25) is 0 Å². The molecule has 0 spiro atoms. The summed E-state index contributed by atoms with van der Waals surface area (Å²) in [5.41, 5.74) is -0.957. The summed E-state index contributed by atoms with van der Waals surface area (Å²) in [6.07, 6.45) is 5.58.